The van der Waals surface area contributed by atoms with Crippen LogP contribution in [0.25, 0.3) is 0 Å². The molecule has 0 aromatic heterocycles. The standard InChI is InChI=1S/C20H18ClNO3/c1-25-18-10-4-15(5-11-18)3-2-14-22-20(24)13-12-19(23)16-6-8-17(21)9-7-16/h4-11H,12-14H2,1H3,(H,22,24). The molecule has 0 saturated carbocycles. The molecule has 0 heterocycles. The first kappa shape index (κ1) is 18.6. The Bertz CT molecular complexity index is 786. The summed E-state index contributed by atoms with van der Waals surface area (Å²) in [6.45, 7) is 0.236. The summed E-state index contributed by atoms with van der Waals surface area (Å²) >= 11 is 5.78. The molecule has 1 amide bonds. The second kappa shape index (κ2) is 9.51. The highest BCUT2D eigenvalue weighted by molar-refractivity contribution is 6.30. The Morgan fingerprint density at radius 2 is 1.72 bits per heavy atom. The van der Waals surface area contributed by atoms with Crippen LogP contribution in [0, 0.1) is 11.8 Å². The van der Waals surface area contributed by atoms with Crippen molar-refractivity contribution < 1.29 is 14.3 Å². The van der Waals surface area contributed by atoms with Crippen LogP contribution >= 0.6 is 11.6 Å². The zero-order valence-corrected chi connectivity index (χ0v) is 14.6. The van der Waals surface area contributed by atoms with Crippen LogP contribution < -0.4 is 10.1 Å². The van der Waals surface area contributed by atoms with Crippen molar-refractivity contribution in [3.63, 3.8) is 0 Å². The number of nitrogens with one attached hydrogen (secondary N) is 1. The number of hydrogen-bond acceptors (Lipinski definition) is 3. The van der Waals surface area contributed by atoms with Gasteiger partial charge in [-0.2, -0.15) is 0 Å². The minimum atomic E-state index is -0.202. The van der Waals surface area contributed by atoms with Crippen molar-refractivity contribution in [3.05, 3.63) is 64.7 Å². The molecule has 0 fully saturated rings. The molecule has 0 unspecified atom stereocenters. The van der Waals surface area contributed by atoms with Gasteiger partial charge in [0.1, 0.15) is 5.75 Å². The first-order valence-corrected chi connectivity index (χ1v) is 8.14. The lowest BCUT2D eigenvalue weighted by Gasteiger charge is -2.02. The first-order valence-electron chi connectivity index (χ1n) is 7.77. The van der Waals surface area contributed by atoms with E-state index in [1.807, 2.05) is 24.3 Å². The van der Waals surface area contributed by atoms with E-state index in [2.05, 4.69) is 17.2 Å². The molecule has 0 aliphatic rings. The van der Waals surface area contributed by atoms with Crippen LogP contribution in [0.2, 0.25) is 5.02 Å². The number of ether oxygens (including phenoxy) is 1. The molecule has 1 N–H and O–H groups in total. The lowest BCUT2D eigenvalue weighted by atomic mass is 10.1. The van der Waals surface area contributed by atoms with Gasteiger partial charge >= 0.3 is 0 Å². The molecule has 25 heavy (non-hydrogen) atoms. The number of hydrogen-bond donors (Lipinski definition) is 1. The van der Waals surface area contributed by atoms with Crippen molar-refractivity contribution in [2.24, 2.45) is 0 Å². The van der Waals surface area contributed by atoms with Gasteiger partial charge in [0.2, 0.25) is 5.91 Å². The maximum atomic E-state index is 12.0. The second-order valence-corrected chi connectivity index (χ2v) is 5.67. The molecule has 2 aromatic carbocycles. The summed E-state index contributed by atoms with van der Waals surface area (Å²) in [5.74, 6) is 6.30. The van der Waals surface area contributed by atoms with Gasteiger partial charge in [-0.05, 0) is 48.5 Å². The number of rotatable bonds is 6. The van der Waals surface area contributed by atoms with Crippen LogP contribution in [0.4, 0.5) is 0 Å². The molecule has 5 heteroatoms. The van der Waals surface area contributed by atoms with Crippen LogP contribution in [0.3, 0.4) is 0 Å². The topological polar surface area (TPSA) is 55.4 Å². The molecule has 4 nitrogen and oxygen atoms in total. The molecule has 2 rings (SSSR count). The van der Waals surface area contributed by atoms with Gasteiger partial charge in [0.25, 0.3) is 0 Å². The minimum absolute atomic E-state index is 0.0869. The number of halogens is 1. The zero-order valence-electron chi connectivity index (χ0n) is 13.8. The Morgan fingerprint density at radius 1 is 1.04 bits per heavy atom. The fourth-order valence-corrected chi connectivity index (χ4v) is 2.18. The molecule has 0 aliphatic carbocycles. The number of benzene rings is 2. The molecular formula is C20H18ClNO3. The van der Waals surface area contributed by atoms with E-state index in [-0.39, 0.29) is 31.1 Å². The molecule has 0 atom stereocenters. The predicted molar refractivity (Wildman–Crippen MR) is 97.9 cm³/mol. The Kier molecular flexibility index (Phi) is 7.06. The fraction of sp³-hybridized carbons (Fsp3) is 0.200. The van der Waals surface area contributed by atoms with Gasteiger partial charge < -0.3 is 10.1 Å². The monoisotopic (exact) mass is 355 g/mol. The molecule has 128 valence electrons. The first-order chi connectivity index (χ1) is 12.1. The van der Waals surface area contributed by atoms with Gasteiger partial charge in [-0.3, -0.25) is 9.59 Å². The van der Waals surface area contributed by atoms with Crippen molar-refractivity contribution in [3.8, 4) is 17.6 Å². The molecule has 2 aromatic rings. The highest BCUT2D eigenvalue weighted by Crippen LogP contribution is 2.12. The molecule has 0 saturated heterocycles. The Labute approximate surface area is 152 Å². The second-order valence-electron chi connectivity index (χ2n) is 5.24. The number of amides is 1. The third-order valence-corrected chi connectivity index (χ3v) is 3.69. The fourth-order valence-electron chi connectivity index (χ4n) is 2.06. The van der Waals surface area contributed by atoms with E-state index in [9.17, 15) is 9.59 Å². The third kappa shape index (κ3) is 6.33. The summed E-state index contributed by atoms with van der Waals surface area (Å²) in [6, 6.07) is 14.0. The Hall–Kier alpha value is -2.77. The summed E-state index contributed by atoms with van der Waals surface area (Å²) in [5, 5.41) is 3.25. The number of carbonyl (C=O) groups excluding carboxylic acids is 2. The van der Waals surface area contributed by atoms with E-state index < -0.39 is 0 Å². The highest BCUT2D eigenvalue weighted by Gasteiger charge is 2.08. The zero-order chi connectivity index (χ0) is 18.1. The molecule has 0 bridgehead atoms. The van der Waals surface area contributed by atoms with Crippen LogP contribution in [-0.4, -0.2) is 25.3 Å². The van der Waals surface area contributed by atoms with Gasteiger partial charge in [0.05, 0.1) is 13.7 Å². The van der Waals surface area contributed by atoms with Gasteiger partial charge in [-0.15, -0.1) is 0 Å². The minimum Gasteiger partial charge on any atom is -0.497 e. The van der Waals surface area contributed by atoms with Crippen molar-refractivity contribution in [2.75, 3.05) is 13.7 Å². The number of carbonyl (C=O) groups is 2. The molecule has 0 radical (unpaired) electrons. The summed E-state index contributed by atoms with van der Waals surface area (Å²) < 4.78 is 5.07. The van der Waals surface area contributed by atoms with Crippen LogP contribution in [0.1, 0.15) is 28.8 Å². The predicted octanol–water partition coefficient (Wildman–Crippen LogP) is 3.48. The molecule has 0 aliphatic heterocycles. The Morgan fingerprint density at radius 3 is 2.36 bits per heavy atom. The maximum absolute atomic E-state index is 12.0. The summed E-state index contributed by atoms with van der Waals surface area (Å²) in [4.78, 5) is 23.7. The number of methoxy groups -OCH3 is 1. The summed E-state index contributed by atoms with van der Waals surface area (Å²) in [5.41, 5.74) is 1.39. The van der Waals surface area contributed by atoms with Crippen molar-refractivity contribution in [1.82, 2.24) is 5.32 Å². The van der Waals surface area contributed by atoms with Crippen molar-refractivity contribution in [2.45, 2.75) is 12.8 Å². The number of Topliss-reactive ketones (excluding diaryl/α,β-unsaturated/α-hetero) is 1. The van der Waals surface area contributed by atoms with Crippen molar-refractivity contribution >= 4 is 23.3 Å². The van der Waals surface area contributed by atoms with E-state index in [1.54, 1.807) is 31.4 Å². The lowest BCUT2D eigenvalue weighted by Crippen LogP contribution is -2.24. The SMILES string of the molecule is COc1ccc(C#CCNC(=O)CCC(=O)c2ccc(Cl)cc2)cc1. The molecule has 0 spiro atoms. The van der Waals surface area contributed by atoms with E-state index in [0.717, 1.165) is 11.3 Å². The highest BCUT2D eigenvalue weighted by atomic mass is 35.5. The quantitative estimate of drug-likeness (QED) is 0.637. The Balaban J connectivity index is 1.72. The van der Waals surface area contributed by atoms with Crippen LogP contribution in [0.15, 0.2) is 48.5 Å². The van der Waals surface area contributed by atoms with E-state index in [1.165, 1.54) is 0 Å². The number of ketones is 1. The average Bonchev–Trinajstić information content (AvgIpc) is 2.64. The van der Waals surface area contributed by atoms with Gasteiger partial charge in [-0.25, -0.2) is 0 Å². The summed E-state index contributed by atoms with van der Waals surface area (Å²) in [7, 11) is 1.61. The van der Waals surface area contributed by atoms with Crippen LogP contribution in [-0.2, 0) is 4.79 Å². The maximum Gasteiger partial charge on any atom is 0.221 e. The van der Waals surface area contributed by atoms with Crippen molar-refractivity contribution in [1.29, 1.82) is 0 Å². The van der Waals surface area contributed by atoms with E-state index in [4.69, 9.17) is 16.3 Å². The lowest BCUT2D eigenvalue weighted by molar-refractivity contribution is -0.120. The van der Waals surface area contributed by atoms with E-state index >= 15 is 0 Å². The van der Waals surface area contributed by atoms with Crippen LogP contribution in [0.5, 0.6) is 5.75 Å². The largest absolute Gasteiger partial charge is 0.497 e. The third-order valence-electron chi connectivity index (χ3n) is 3.44. The van der Waals surface area contributed by atoms with Gasteiger partial charge in [0.15, 0.2) is 5.78 Å². The van der Waals surface area contributed by atoms with Gasteiger partial charge in [0, 0.05) is 29.0 Å². The van der Waals surface area contributed by atoms with Gasteiger partial charge in [-0.1, -0.05) is 23.4 Å². The average molecular weight is 356 g/mol. The molecular weight excluding hydrogens is 338 g/mol. The smallest absolute Gasteiger partial charge is 0.221 e. The summed E-state index contributed by atoms with van der Waals surface area (Å²) in [6.07, 6.45) is 0.283. The van der Waals surface area contributed by atoms with E-state index in [0.29, 0.717) is 10.6 Å². The normalized spacial score (nSPS) is 9.68.